The van der Waals surface area contributed by atoms with Crippen LogP contribution in [0.4, 0.5) is 40.9 Å². The number of alkyl halides is 8. The number of pyridine rings is 1. The lowest BCUT2D eigenvalue weighted by Gasteiger charge is -2.27. The molecule has 1 saturated carbocycles. The largest absolute Gasteiger partial charge is 0.434 e. The minimum absolute atomic E-state index is 0.0101. The Morgan fingerprint density at radius 1 is 1.14 bits per heavy atom. The van der Waals surface area contributed by atoms with E-state index in [4.69, 9.17) is 11.6 Å². The number of sulfone groups is 1. The van der Waals surface area contributed by atoms with Gasteiger partial charge in [-0.05, 0) is 38.5 Å². The maximum atomic E-state index is 13.2. The number of carbonyl (C=O) groups excluding carboxylic acids is 1. The first kappa shape index (κ1) is 33.6. The summed E-state index contributed by atoms with van der Waals surface area (Å²) in [5.74, 6) is -2.72. The highest BCUT2D eigenvalue weighted by Gasteiger charge is 2.57. The van der Waals surface area contributed by atoms with Crippen molar-refractivity contribution in [3.63, 3.8) is 0 Å². The number of ether oxygens (including phenoxy) is 1. The van der Waals surface area contributed by atoms with Crippen LogP contribution in [-0.2, 0) is 16.4 Å². The quantitative estimate of drug-likeness (QED) is 0.327. The number of rotatable bonds is 10. The lowest BCUT2D eigenvalue weighted by molar-refractivity contribution is -0.242. The third-order valence-electron chi connectivity index (χ3n) is 6.64. The van der Waals surface area contributed by atoms with Crippen molar-refractivity contribution in [2.45, 2.75) is 69.4 Å². The summed E-state index contributed by atoms with van der Waals surface area (Å²) >= 11 is 6.39. The topological polar surface area (TPSA) is 115 Å². The van der Waals surface area contributed by atoms with Crippen molar-refractivity contribution < 1.29 is 53.1 Å². The number of hydrogen-bond donors (Lipinski definition) is 2. The Morgan fingerprint density at radius 3 is 2.24 bits per heavy atom. The Bertz CT molecular complexity index is 1360. The van der Waals surface area contributed by atoms with E-state index < -0.39 is 57.6 Å². The van der Waals surface area contributed by atoms with Crippen molar-refractivity contribution in [3.05, 3.63) is 23.0 Å². The summed E-state index contributed by atoms with van der Waals surface area (Å²) in [6, 6.07) is -3.63. The number of hydrogen-bond acceptors (Lipinski definition) is 7. The predicted molar refractivity (Wildman–Crippen MR) is 135 cm³/mol. The van der Waals surface area contributed by atoms with Crippen LogP contribution >= 0.6 is 11.6 Å². The Balaban J connectivity index is 1.88. The number of aryl methyl sites for hydroxylation is 1. The monoisotopic (exact) mass is 655 g/mol. The first-order valence-electron chi connectivity index (χ1n) is 12.4. The maximum Gasteiger partial charge on any atom is 0.417 e. The van der Waals surface area contributed by atoms with E-state index in [9.17, 15) is 48.3 Å². The molecule has 0 spiro atoms. The summed E-state index contributed by atoms with van der Waals surface area (Å²) < 4.78 is 133. The fourth-order valence-corrected chi connectivity index (χ4v) is 5.99. The molecule has 2 aromatic rings. The molecule has 236 valence electrons. The van der Waals surface area contributed by atoms with Crippen molar-refractivity contribution in [1.82, 2.24) is 20.1 Å². The molecule has 2 heterocycles. The van der Waals surface area contributed by atoms with Crippen molar-refractivity contribution in [3.8, 4) is 17.0 Å². The lowest BCUT2D eigenvalue weighted by atomic mass is 9.89. The molecule has 0 radical (unpaired) electrons. The molecule has 0 saturated heterocycles. The molecule has 42 heavy (non-hydrogen) atoms. The zero-order valence-electron chi connectivity index (χ0n) is 22.0. The van der Waals surface area contributed by atoms with Gasteiger partial charge in [0.2, 0.25) is 6.04 Å². The minimum atomic E-state index is -5.79. The van der Waals surface area contributed by atoms with Crippen LogP contribution in [0.15, 0.2) is 12.3 Å². The number of aromatic nitrogens is 3. The summed E-state index contributed by atoms with van der Waals surface area (Å²) in [6.07, 6.45) is -7.78. The van der Waals surface area contributed by atoms with Gasteiger partial charge in [0.05, 0.1) is 21.5 Å². The fourth-order valence-electron chi connectivity index (χ4n) is 4.54. The molecule has 1 fully saturated rings. The standard InChI is InChI=1S/C23H26ClF8N5O4S/c1-3-37-18(16(24)17(36-37)19(38)34-9-11-4-6-12(7-5-11)42(2,39)40)13-10-33-15(8-14(13)41-21(25)26)35-20(22(27,28)29)23(30,31)32/h8,10-12,20-21H,3-7,9H2,1-2H3,(H,33,35)(H,34,38). The second-order valence-electron chi connectivity index (χ2n) is 9.61. The van der Waals surface area contributed by atoms with Gasteiger partial charge in [-0.3, -0.25) is 9.48 Å². The summed E-state index contributed by atoms with van der Waals surface area (Å²) in [4.78, 5) is 16.4. The van der Waals surface area contributed by atoms with Crippen molar-refractivity contribution in [1.29, 1.82) is 0 Å². The molecule has 0 bridgehead atoms. The first-order valence-corrected chi connectivity index (χ1v) is 14.7. The van der Waals surface area contributed by atoms with Gasteiger partial charge in [-0.25, -0.2) is 13.4 Å². The Labute approximate surface area is 239 Å². The van der Waals surface area contributed by atoms with Crippen LogP contribution in [0.3, 0.4) is 0 Å². The smallest absolute Gasteiger partial charge is 0.417 e. The van der Waals surface area contributed by atoms with Gasteiger partial charge in [-0.2, -0.15) is 40.2 Å². The van der Waals surface area contributed by atoms with Gasteiger partial charge in [-0.1, -0.05) is 11.6 Å². The number of amides is 1. The molecule has 0 aliphatic heterocycles. The fraction of sp³-hybridized carbons (Fsp3) is 0.609. The molecule has 19 heteroatoms. The number of anilines is 1. The number of nitrogens with zero attached hydrogens (tertiary/aromatic N) is 3. The molecule has 1 aliphatic carbocycles. The third kappa shape index (κ3) is 8.14. The molecule has 1 aliphatic rings. The maximum absolute atomic E-state index is 13.2. The second-order valence-corrected chi connectivity index (χ2v) is 12.3. The van der Waals surface area contributed by atoms with Crippen molar-refractivity contribution in [2.75, 3.05) is 18.1 Å². The molecule has 9 nitrogen and oxygen atoms in total. The number of halogens is 9. The predicted octanol–water partition coefficient (Wildman–Crippen LogP) is 5.46. The van der Waals surface area contributed by atoms with E-state index in [0.717, 1.165) is 10.00 Å². The van der Waals surface area contributed by atoms with Crippen LogP contribution in [-0.4, -0.2) is 72.1 Å². The molecule has 0 unspecified atom stereocenters. The third-order valence-corrected chi connectivity index (χ3v) is 8.68. The van der Waals surface area contributed by atoms with Gasteiger partial charge in [0, 0.05) is 31.6 Å². The highest BCUT2D eigenvalue weighted by Crippen LogP contribution is 2.40. The van der Waals surface area contributed by atoms with E-state index >= 15 is 0 Å². The molecule has 1 amide bonds. The SMILES string of the molecule is CCn1nc(C(=O)NCC2CCC(S(C)(=O)=O)CC2)c(Cl)c1-c1cnc(NC(C(F)(F)F)C(F)(F)F)cc1OC(F)F. The molecule has 3 rings (SSSR count). The van der Waals surface area contributed by atoms with Crippen LogP contribution in [0.5, 0.6) is 5.75 Å². The molecule has 0 aromatic carbocycles. The van der Waals surface area contributed by atoms with Crippen LogP contribution < -0.4 is 15.4 Å². The van der Waals surface area contributed by atoms with Gasteiger partial charge < -0.3 is 15.4 Å². The van der Waals surface area contributed by atoms with Gasteiger partial charge >= 0.3 is 19.0 Å². The zero-order chi connectivity index (χ0) is 31.6. The molecule has 2 N–H and O–H groups in total. The van der Waals surface area contributed by atoms with Crippen LogP contribution in [0, 0.1) is 5.92 Å². The number of carbonyl (C=O) groups is 1. The number of nitrogens with one attached hydrogen (secondary N) is 2. The van der Waals surface area contributed by atoms with Gasteiger partial charge in [0.25, 0.3) is 5.91 Å². The van der Waals surface area contributed by atoms with Crippen LogP contribution in [0.2, 0.25) is 5.02 Å². The summed E-state index contributed by atoms with van der Waals surface area (Å²) in [5, 5.41) is 7.05. The van der Waals surface area contributed by atoms with E-state index in [1.54, 1.807) is 6.92 Å². The Kier molecular flexibility index (Phi) is 10.2. The van der Waals surface area contributed by atoms with Crippen LogP contribution in [0.25, 0.3) is 11.3 Å². The average Bonchev–Trinajstić information content (AvgIpc) is 3.20. The highest BCUT2D eigenvalue weighted by atomic mass is 35.5. The van der Waals surface area contributed by atoms with E-state index in [0.29, 0.717) is 37.9 Å². The zero-order valence-corrected chi connectivity index (χ0v) is 23.6. The molecule has 0 atom stereocenters. The molecular formula is C23H26ClF8N5O4S. The Hall–Kier alpha value is -2.89. The van der Waals surface area contributed by atoms with Gasteiger partial charge in [-0.15, -0.1) is 0 Å². The Morgan fingerprint density at radius 2 is 1.74 bits per heavy atom. The summed E-state index contributed by atoms with van der Waals surface area (Å²) in [5.41, 5.74) is -0.914. The second kappa shape index (κ2) is 12.8. The van der Waals surface area contributed by atoms with E-state index in [1.807, 2.05) is 0 Å². The summed E-state index contributed by atoms with van der Waals surface area (Å²) in [7, 11) is -3.18. The normalized spacial score (nSPS) is 18.4. The van der Waals surface area contributed by atoms with E-state index in [2.05, 4.69) is 20.1 Å². The van der Waals surface area contributed by atoms with Crippen molar-refractivity contribution >= 4 is 33.2 Å². The molecular weight excluding hydrogens is 630 g/mol. The highest BCUT2D eigenvalue weighted by molar-refractivity contribution is 7.91. The van der Waals surface area contributed by atoms with E-state index in [1.165, 1.54) is 6.26 Å². The summed E-state index contributed by atoms with van der Waals surface area (Å²) in [6.45, 7) is -1.82. The lowest BCUT2D eigenvalue weighted by Crippen LogP contribution is -2.48. The van der Waals surface area contributed by atoms with E-state index in [-0.39, 0.29) is 41.0 Å². The molecule has 2 aromatic heterocycles. The average molecular weight is 656 g/mol. The van der Waals surface area contributed by atoms with Crippen LogP contribution in [0.1, 0.15) is 43.1 Å². The van der Waals surface area contributed by atoms with Gasteiger partial charge in [0.15, 0.2) is 5.69 Å². The first-order chi connectivity index (χ1) is 19.3. The van der Waals surface area contributed by atoms with Gasteiger partial charge in [0.1, 0.15) is 21.4 Å². The van der Waals surface area contributed by atoms with Crippen molar-refractivity contribution in [2.24, 2.45) is 5.92 Å². The minimum Gasteiger partial charge on any atom is -0.434 e.